The number of hydrogen-bond donors (Lipinski definition) is 1. The summed E-state index contributed by atoms with van der Waals surface area (Å²) in [4.78, 5) is 25.1. The second kappa shape index (κ2) is 8.80. The van der Waals surface area contributed by atoms with E-state index in [0.29, 0.717) is 16.1 Å². The van der Waals surface area contributed by atoms with Gasteiger partial charge < -0.3 is 10.1 Å². The lowest BCUT2D eigenvalue weighted by atomic mass is 10.0. The molecule has 28 heavy (non-hydrogen) atoms. The second-order valence-corrected chi connectivity index (χ2v) is 6.97. The number of ether oxygens (including phenoxy) is 1. The van der Waals surface area contributed by atoms with Crippen LogP contribution in [0.15, 0.2) is 53.9 Å². The Morgan fingerprint density at radius 1 is 1.11 bits per heavy atom. The standard InChI is InChI=1S/C22H20FNO3S/c1-3-14-8-10-15(11-9-14)18-13-28-21(19(18)22(26)27-4-2)24-20(25)16-6-5-7-17(23)12-16/h5-13H,3-4H2,1-2H3,(H,24,25). The third kappa shape index (κ3) is 4.28. The number of benzene rings is 2. The zero-order chi connectivity index (χ0) is 20.1. The number of hydrogen-bond acceptors (Lipinski definition) is 4. The minimum Gasteiger partial charge on any atom is -0.462 e. The molecule has 3 aromatic rings. The molecule has 0 saturated carbocycles. The average Bonchev–Trinajstić information content (AvgIpc) is 3.11. The Morgan fingerprint density at radius 2 is 1.86 bits per heavy atom. The first-order chi connectivity index (χ1) is 13.5. The van der Waals surface area contributed by atoms with Crippen LogP contribution < -0.4 is 5.32 Å². The van der Waals surface area contributed by atoms with E-state index >= 15 is 0 Å². The first-order valence-electron chi connectivity index (χ1n) is 8.98. The van der Waals surface area contributed by atoms with E-state index in [1.807, 2.05) is 29.6 Å². The molecule has 0 atom stereocenters. The molecular weight excluding hydrogens is 377 g/mol. The molecule has 1 N–H and O–H groups in total. The van der Waals surface area contributed by atoms with Gasteiger partial charge in [-0.25, -0.2) is 9.18 Å². The third-order valence-electron chi connectivity index (χ3n) is 4.26. The first kappa shape index (κ1) is 19.8. The lowest BCUT2D eigenvalue weighted by Crippen LogP contribution is -2.15. The van der Waals surface area contributed by atoms with Gasteiger partial charge in [0.15, 0.2) is 0 Å². The van der Waals surface area contributed by atoms with E-state index in [2.05, 4.69) is 12.2 Å². The van der Waals surface area contributed by atoms with Crippen molar-refractivity contribution in [2.24, 2.45) is 0 Å². The lowest BCUT2D eigenvalue weighted by molar-refractivity contribution is 0.0529. The monoisotopic (exact) mass is 397 g/mol. The zero-order valence-electron chi connectivity index (χ0n) is 15.6. The van der Waals surface area contributed by atoms with Crippen LogP contribution in [-0.4, -0.2) is 18.5 Å². The fourth-order valence-electron chi connectivity index (χ4n) is 2.79. The third-order valence-corrected chi connectivity index (χ3v) is 5.15. The number of rotatable bonds is 6. The van der Waals surface area contributed by atoms with E-state index in [1.165, 1.54) is 35.1 Å². The van der Waals surface area contributed by atoms with Gasteiger partial charge in [-0.1, -0.05) is 37.3 Å². The van der Waals surface area contributed by atoms with Gasteiger partial charge >= 0.3 is 5.97 Å². The Hall–Kier alpha value is -2.99. The van der Waals surface area contributed by atoms with Crippen molar-refractivity contribution in [3.63, 3.8) is 0 Å². The molecule has 0 aliphatic carbocycles. The van der Waals surface area contributed by atoms with Crippen molar-refractivity contribution in [2.75, 3.05) is 11.9 Å². The van der Waals surface area contributed by atoms with Crippen LogP contribution in [0.4, 0.5) is 9.39 Å². The maximum atomic E-state index is 13.4. The van der Waals surface area contributed by atoms with Crippen LogP contribution in [0.3, 0.4) is 0 Å². The van der Waals surface area contributed by atoms with Gasteiger partial charge in [0, 0.05) is 16.5 Å². The summed E-state index contributed by atoms with van der Waals surface area (Å²) in [5.41, 5.74) is 3.23. The van der Waals surface area contributed by atoms with Gasteiger partial charge in [0.1, 0.15) is 16.4 Å². The van der Waals surface area contributed by atoms with Crippen LogP contribution in [0.2, 0.25) is 0 Å². The Balaban J connectivity index is 1.97. The summed E-state index contributed by atoms with van der Waals surface area (Å²) in [6.07, 6.45) is 0.920. The molecule has 144 valence electrons. The van der Waals surface area contributed by atoms with Crippen molar-refractivity contribution >= 4 is 28.2 Å². The molecule has 1 heterocycles. The Kier molecular flexibility index (Phi) is 6.21. The van der Waals surface area contributed by atoms with Crippen molar-refractivity contribution in [3.05, 3.63) is 76.4 Å². The molecule has 0 radical (unpaired) electrons. The highest BCUT2D eigenvalue weighted by molar-refractivity contribution is 7.15. The number of aryl methyl sites for hydroxylation is 1. The van der Waals surface area contributed by atoms with Gasteiger partial charge in [-0.05, 0) is 42.7 Å². The van der Waals surface area contributed by atoms with Crippen LogP contribution in [0.1, 0.15) is 40.1 Å². The molecule has 0 aliphatic rings. The predicted octanol–water partition coefficient (Wildman–Crippen LogP) is 5.55. The predicted molar refractivity (Wildman–Crippen MR) is 109 cm³/mol. The minimum atomic E-state index is -0.507. The van der Waals surface area contributed by atoms with Crippen LogP contribution in [0, 0.1) is 5.82 Å². The topological polar surface area (TPSA) is 55.4 Å². The van der Waals surface area contributed by atoms with Gasteiger partial charge in [-0.15, -0.1) is 11.3 Å². The van der Waals surface area contributed by atoms with E-state index in [4.69, 9.17) is 4.74 Å². The maximum Gasteiger partial charge on any atom is 0.341 e. The highest BCUT2D eigenvalue weighted by Gasteiger charge is 2.23. The molecule has 0 spiro atoms. The molecule has 1 aromatic heterocycles. The molecule has 0 bridgehead atoms. The fraction of sp³-hybridized carbons (Fsp3) is 0.182. The molecule has 2 aromatic carbocycles. The van der Waals surface area contributed by atoms with E-state index < -0.39 is 17.7 Å². The number of esters is 1. The van der Waals surface area contributed by atoms with Gasteiger partial charge in [0.05, 0.1) is 6.61 Å². The summed E-state index contributed by atoms with van der Waals surface area (Å²) in [7, 11) is 0. The molecule has 0 fully saturated rings. The highest BCUT2D eigenvalue weighted by atomic mass is 32.1. The Bertz CT molecular complexity index is 995. The molecule has 0 aliphatic heterocycles. The van der Waals surface area contributed by atoms with E-state index in [0.717, 1.165) is 18.1 Å². The number of carbonyl (C=O) groups excluding carboxylic acids is 2. The largest absolute Gasteiger partial charge is 0.462 e. The van der Waals surface area contributed by atoms with Crippen LogP contribution in [0.25, 0.3) is 11.1 Å². The summed E-state index contributed by atoms with van der Waals surface area (Å²) < 4.78 is 18.6. The molecule has 1 amide bonds. The van der Waals surface area contributed by atoms with Gasteiger partial charge in [-0.3, -0.25) is 4.79 Å². The van der Waals surface area contributed by atoms with Crippen LogP contribution in [-0.2, 0) is 11.2 Å². The van der Waals surface area contributed by atoms with Crippen molar-refractivity contribution in [1.82, 2.24) is 0 Å². The van der Waals surface area contributed by atoms with Gasteiger partial charge in [0.2, 0.25) is 0 Å². The van der Waals surface area contributed by atoms with Crippen molar-refractivity contribution in [1.29, 1.82) is 0 Å². The summed E-state index contributed by atoms with van der Waals surface area (Å²) in [6, 6.07) is 13.3. The summed E-state index contributed by atoms with van der Waals surface area (Å²) >= 11 is 1.24. The summed E-state index contributed by atoms with van der Waals surface area (Å²) in [5.74, 6) is -1.49. The summed E-state index contributed by atoms with van der Waals surface area (Å²) in [5, 5.41) is 4.91. The smallest absolute Gasteiger partial charge is 0.341 e. The van der Waals surface area contributed by atoms with E-state index in [9.17, 15) is 14.0 Å². The van der Waals surface area contributed by atoms with Crippen molar-refractivity contribution in [2.45, 2.75) is 20.3 Å². The molecule has 4 nitrogen and oxygen atoms in total. The van der Waals surface area contributed by atoms with Crippen LogP contribution >= 0.6 is 11.3 Å². The number of carbonyl (C=O) groups is 2. The van der Waals surface area contributed by atoms with E-state index in [1.54, 1.807) is 6.92 Å². The van der Waals surface area contributed by atoms with Crippen molar-refractivity contribution in [3.8, 4) is 11.1 Å². The van der Waals surface area contributed by atoms with E-state index in [-0.39, 0.29) is 12.2 Å². The molecule has 0 saturated heterocycles. The quantitative estimate of drug-likeness (QED) is 0.555. The number of anilines is 1. The lowest BCUT2D eigenvalue weighted by Gasteiger charge is -2.09. The van der Waals surface area contributed by atoms with Gasteiger partial charge in [0.25, 0.3) is 5.91 Å². The normalized spacial score (nSPS) is 10.5. The maximum absolute atomic E-state index is 13.4. The molecule has 6 heteroatoms. The molecule has 0 unspecified atom stereocenters. The van der Waals surface area contributed by atoms with Gasteiger partial charge in [-0.2, -0.15) is 0 Å². The fourth-order valence-corrected chi connectivity index (χ4v) is 3.75. The number of nitrogens with one attached hydrogen (secondary N) is 1. The Labute approximate surface area is 167 Å². The minimum absolute atomic E-state index is 0.178. The highest BCUT2D eigenvalue weighted by Crippen LogP contribution is 2.36. The van der Waals surface area contributed by atoms with Crippen molar-refractivity contribution < 1.29 is 18.7 Å². The SMILES string of the molecule is CCOC(=O)c1c(-c2ccc(CC)cc2)csc1NC(=O)c1cccc(F)c1. The first-order valence-corrected chi connectivity index (χ1v) is 9.86. The average molecular weight is 397 g/mol. The Morgan fingerprint density at radius 3 is 2.50 bits per heavy atom. The molecule has 3 rings (SSSR count). The second-order valence-electron chi connectivity index (χ2n) is 6.09. The van der Waals surface area contributed by atoms with Crippen LogP contribution in [0.5, 0.6) is 0 Å². The number of thiophene rings is 1. The molecular formula is C22H20FNO3S. The number of halogens is 1. The number of amides is 1. The summed E-state index contributed by atoms with van der Waals surface area (Å²) in [6.45, 7) is 4.02. The zero-order valence-corrected chi connectivity index (χ0v) is 16.4.